The summed E-state index contributed by atoms with van der Waals surface area (Å²) >= 11 is 1.51. The van der Waals surface area contributed by atoms with Crippen molar-refractivity contribution in [1.29, 1.82) is 0 Å². The average molecular weight is 212 g/mol. The first-order valence-corrected chi connectivity index (χ1v) is 5.77. The molecule has 2 rings (SSSR count). The predicted octanol–water partition coefficient (Wildman–Crippen LogP) is 0.892. The summed E-state index contributed by atoms with van der Waals surface area (Å²) in [4.78, 5) is 6.74. The average Bonchev–Trinajstić information content (AvgIpc) is 2.74. The highest BCUT2D eigenvalue weighted by Gasteiger charge is 2.23. The highest BCUT2D eigenvalue weighted by molar-refractivity contribution is 7.09. The molecule has 1 saturated heterocycles. The van der Waals surface area contributed by atoms with Gasteiger partial charge in [-0.3, -0.25) is 0 Å². The van der Waals surface area contributed by atoms with Crippen LogP contribution in [-0.2, 0) is 0 Å². The van der Waals surface area contributed by atoms with Gasteiger partial charge >= 0.3 is 0 Å². The van der Waals surface area contributed by atoms with E-state index in [1.54, 1.807) is 0 Å². The Bertz CT molecular complexity index is 299. The molecule has 1 aliphatic rings. The minimum absolute atomic E-state index is 0.768. The molecule has 1 aliphatic heterocycles. The molecule has 4 nitrogen and oxygen atoms in total. The van der Waals surface area contributed by atoms with Crippen LogP contribution >= 0.6 is 11.5 Å². The van der Waals surface area contributed by atoms with Crippen molar-refractivity contribution >= 4 is 16.7 Å². The summed E-state index contributed by atoms with van der Waals surface area (Å²) in [5.41, 5.74) is 0. The SMILES string of the molecule is CNCC1CCN(c2nc(C)ns2)C1. The highest BCUT2D eigenvalue weighted by atomic mass is 32.1. The first kappa shape index (κ1) is 9.86. The zero-order chi connectivity index (χ0) is 9.97. The van der Waals surface area contributed by atoms with E-state index in [2.05, 4.69) is 19.6 Å². The summed E-state index contributed by atoms with van der Waals surface area (Å²) in [6, 6.07) is 0. The van der Waals surface area contributed by atoms with E-state index < -0.39 is 0 Å². The number of hydrogen-bond donors (Lipinski definition) is 1. The lowest BCUT2D eigenvalue weighted by Gasteiger charge is -2.13. The molecule has 0 saturated carbocycles. The second kappa shape index (κ2) is 4.23. The van der Waals surface area contributed by atoms with Crippen molar-refractivity contribution in [3.05, 3.63) is 5.82 Å². The second-order valence-electron chi connectivity index (χ2n) is 3.78. The Morgan fingerprint density at radius 1 is 1.64 bits per heavy atom. The lowest BCUT2D eigenvalue weighted by molar-refractivity contribution is 0.549. The van der Waals surface area contributed by atoms with Gasteiger partial charge < -0.3 is 10.2 Å². The number of nitrogens with one attached hydrogen (secondary N) is 1. The summed E-state index contributed by atoms with van der Waals surface area (Å²) in [6.07, 6.45) is 1.26. The lowest BCUT2D eigenvalue weighted by Crippen LogP contribution is -2.24. The van der Waals surface area contributed by atoms with E-state index in [9.17, 15) is 0 Å². The van der Waals surface area contributed by atoms with Crippen molar-refractivity contribution in [2.75, 3.05) is 31.6 Å². The quantitative estimate of drug-likeness (QED) is 0.808. The summed E-state index contributed by atoms with van der Waals surface area (Å²) in [5.74, 6) is 1.66. The molecule has 0 spiro atoms. The Kier molecular flexibility index (Phi) is 2.98. The van der Waals surface area contributed by atoms with Crippen molar-refractivity contribution in [2.45, 2.75) is 13.3 Å². The topological polar surface area (TPSA) is 41.0 Å². The van der Waals surface area contributed by atoms with Crippen molar-refractivity contribution in [3.8, 4) is 0 Å². The number of hydrogen-bond acceptors (Lipinski definition) is 5. The fourth-order valence-corrected chi connectivity index (χ4v) is 2.59. The van der Waals surface area contributed by atoms with Crippen LogP contribution in [0.25, 0.3) is 0 Å². The zero-order valence-corrected chi connectivity index (χ0v) is 9.47. The summed E-state index contributed by atoms with van der Waals surface area (Å²) in [7, 11) is 2.01. The Morgan fingerprint density at radius 2 is 2.50 bits per heavy atom. The van der Waals surface area contributed by atoms with E-state index in [1.807, 2.05) is 14.0 Å². The smallest absolute Gasteiger partial charge is 0.205 e. The maximum Gasteiger partial charge on any atom is 0.205 e. The van der Waals surface area contributed by atoms with Crippen LogP contribution in [0.15, 0.2) is 0 Å². The van der Waals surface area contributed by atoms with Crippen LogP contribution in [0.2, 0.25) is 0 Å². The van der Waals surface area contributed by atoms with Gasteiger partial charge in [0.05, 0.1) is 0 Å². The van der Waals surface area contributed by atoms with E-state index in [0.29, 0.717) is 0 Å². The molecule has 0 bridgehead atoms. The molecule has 1 fully saturated rings. The molecule has 1 unspecified atom stereocenters. The van der Waals surface area contributed by atoms with Crippen LogP contribution in [0.3, 0.4) is 0 Å². The Balaban J connectivity index is 1.95. The zero-order valence-electron chi connectivity index (χ0n) is 8.66. The van der Waals surface area contributed by atoms with Crippen molar-refractivity contribution in [2.24, 2.45) is 5.92 Å². The molecule has 1 N–H and O–H groups in total. The number of nitrogens with zero attached hydrogens (tertiary/aromatic N) is 3. The summed E-state index contributed by atoms with van der Waals surface area (Å²) in [6.45, 7) is 5.30. The maximum atomic E-state index is 4.40. The predicted molar refractivity (Wildman–Crippen MR) is 58.9 cm³/mol. The summed E-state index contributed by atoms with van der Waals surface area (Å²) in [5, 5.41) is 4.31. The van der Waals surface area contributed by atoms with Gasteiger partial charge in [0, 0.05) is 24.6 Å². The normalized spacial score (nSPS) is 21.9. The molecular weight excluding hydrogens is 196 g/mol. The molecule has 0 amide bonds. The molecule has 1 atom stereocenters. The molecule has 0 radical (unpaired) electrons. The van der Waals surface area contributed by atoms with Gasteiger partial charge in [-0.2, -0.15) is 4.37 Å². The minimum atomic E-state index is 0.768. The van der Waals surface area contributed by atoms with Gasteiger partial charge in [-0.05, 0) is 32.9 Å². The van der Waals surface area contributed by atoms with Crippen molar-refractivity contribution < 1.29 is 0 Å². The third kappa shape index (κ3) is 2.04. The molecule has 0 aromatic carbocycles. The van der Waals surface area contributed by atoms with Gasteiger partial charge in [-0.1, -0.05) is 0 Å². The Labute approximate surface area is 88.5 Å². The van der Waals surface area contributed by atoms with E-state index in [-0.39, 0.29) is 0 Å². The standard InChI is InChI=1S/C9H16N4S/c1-7-11-9(14-12-7)13-4-3-8(6-13)5-10-2/h8,10H,3-6H2,1-2H3. The van der Waals surface area contributed by atoms with Crippen LogP contribution in [0.4, 0.5) is 5.13 Å². The molecule has 14 heavy (non-hydrogen) atoms. The van der Waals surface area contributed by atoms with Gasteiger partial charge in [0.2, 0.25) is 5.13 Å². The second-order valence-corrected chi connectivity index (χ2v) is 4.51. The highest BCUT2D eigenvalue weighted by Crippen LogP contribution is 2.24. The van der Waals surface area contributed by atoms with E-state index in [0.717, 1.165) is 36.5 Å². The monoisotopic (exact) mass is 212 g/mol. The molecule has 78 valence electrons. The van der Waals surface area contributed by atoms with Crippen LogP contribution in [0, 0.1) is 12.8 Å². The lowest BCUT2D eigenvalue weighted by atomic mass is 10.1. The first-order valence-electron chi connectivity index (χ1n) is 4.99. The first-order chi connectivity index (χ1) is 6.79. The van der Waals surface area contributed by atoms with Crippen LogP contribution in [0.1, 0.15) is 12.2 Å². The van der Waals surface area contributed by atoms with Gasteiger partial charge in [0.15, 0.2) is 0 Å². The Morgan fingerprint density at radius 3 is 3.14 bits per heavy atom. The van der Waals surface area contributed by atoms with Gasteiger partial charge in [0.1, 0.15) is 5.82 Å². The fourth-order valence-electron chi connectivity index (χ4n) is 1.88. The maximum absolute atomic E-state index is 4.40. The van der Waals surface area contributed by atoms with Crippen LogP contribution in [0.5, 0.6) is 0 Å². The molecule has 2 heterocycles. The van der Waals surface area contributed by atoms with Crippen molar-refractivity contribution in [1.82, 2.24) is 14.7 Å². The third-order valence-corrected chi connectivity index (χ3v) is 3.43. The Hall–Kier alpha value is -0.680. The molecule has 0 aliphatic carbocycles. The molecule has 5 heteroatoms. The molecule has 1 aromatic rings. The molecular formula is C9H16N4S. The third-order valence-electron chi connectivity index (χ3n) is 2.57. The largest absolute Gasteiger partial charge is 0.347 e. The van der Waals surface area contributed by atoms with E-state index >= 15 is 0 Å². The van der Waals surface area contributed by atoms with E-state index in [4.69, 9.17) is 0 Å². The van der Waals surface area contributed by atoms with Crippen LogP contribution < -0.4 is 10.2 Å². The van der Waals surface area contributed by atoms with Crippen LogP contribution in [-0.4, -0.2) is 36.0 Å². The number of anilines is 1. The van der Waals surface area contributed by atoms with Gasteiger partial charge in [-0.25, -0.2) is 4.98 Å². The molecule has 1 aromatic heterocycles. The number of rotatable bonds is 3. The fraction of sp³-hybridized carbons (Fsp3) is 0.778. The number of aromatic nitrogens is 2. The van der Waals surface area contributed by atoms with Crippen molar-refractivity contribution in [3.63, 3.8) is 0 Å². The number of aryl methyl sites for hydroxylation is 1. The van der Waals surface area contributed by atoms with E-state index in [1.165, 1.54) is 18.0 Å². The van der Waals surface area contributed by atoms with Gasteiger partial charge in [0.25, 0.3) is 0 Å². The van der Waals surface area contributed by atoms with Gasteiger partial charge in [-0.15, -0.1) is 0 Å². The minimum Gasteiger partial charge on any atom is -0.347 e. The summed E-state index contributed by atoms with van der Waals surface area (Å²) < 4.78 is 4.21.